The summed E-state index contributed by atoms with van der Waals surface area (Å²) in [5.74, 6) is 1.04. The number of carbonyl (C=O) groups excluding carboxylic acids is 1. The van der Waals surface area contributed by atoms with Crippen LogP contribution in [0.4, 0.5) is 0 Å². The Hall–Kier alpha value is -0.320. The Labute approximate surface area is 116 Å². The number of piperazine rings is 1. The van der Waals surface area contributed by atoms with Crippen molar-refractivity contribution in [1.29, 1.82) is 0 Å². The lowest BCUT2D eigenvalue weighted by Crippen LogP contribution is -2.52. The van der Waals surface area contributed by atoms with E-state index in [2.05, 4.69) is 12.2 Å². The Morgan fingerprint density at radius 3 is 2.78 bits per heavy atom. The summed E-state index contributed by atoms with van der Waals surface area (Å²) in [6.07, 6.45) is 4.02. The third-order valence-electron chi connectivity index (χ3n) is 3.93. The van der Waals surface area contributed by atoms with Gasteiger partial charge in [0.15, 0.2) is 0 Å². The van der Waals surface area contributed by atoms with Gasteiger partial charge in [0.25, 0.3) is 0 Å². The van der Waals surface area contributed by atoms with Gasteiger partial charge >= 0.3 is 0 Å². The lowest BCUT2D eigenvalue weighted by atomic mass is 9.94. The van der Waals surface area contributed by atoms with E-state index in [1.807, 2.05) is 4.90 Å². The summed E-state index contributed by atoms with van der Waals surface area (Å²) >= 11 is 0. The Morgan fingerprint density at radius 2 is 2.11 bits per heavy atom. The predicted molar refractivity (Wildman–Crippen MR) is 74.1 cm³/mol. The number of nitrogens with one attached hydrogen (secondary N) is 1. The van der Waals surface area contributed by atoms with Gasteiger partial charge in [0, 0.05) is 45.3 Å². The SMILES string of the molecule is C[C@@H]1CNCCN1C(=O)CCC1CCOCC1.Cl. The first-order valence-corrected chi connectivity index (χ1v) is 6.85. The normalized spacial score (nSPS) is 25.6. The fourth-order valence-corrected chi connectivity index (χ4v) is 2.72. The fourth-order valence-electron chi connectivity index (χ4n) is 2.72. The van der Waals surface area contributed by atoms with Crippen LogP contribution in [-0.4, -0.2) is 49.7 Å². The van der Waals surface area contributed by atoms with E-state index in [4.69, 9.17) is 4.74 Å². The van der Waals surface area contributed by atoms with Crippen molar-refractivity contribution < 1.29 is 9.53 Å². The van der Waals surface area contributed by atoms with Gasteiger partial charge < -0.3 is 15.0 Å². The molecule has 0 bridgehead atoms. The third-order valence-corrected chi connectivity index (χ3v) is 3.93. The molecule has 2 aliphatic rings. The topological polar surface area (TPSA) is 41.6 Å². The molecule has 5 heteroatoms. The second kappa shape index (κ2) is 7.97. The van der Waals surface area contributed by atoms with Crippen molar-refractivity contribution in [3.8, 4) is 0 Å². The molecule has 2 saturated heterocycles. The zero-order chi connectivity index (χ0) is 12.1. The van der Waals surface area contributed by atoms with Gasteiger partial charge in [0.05, 0.1) is 0 Å². The molecule has 0 aromatic carbocycles. The van der Waals surface area contributed by atoms with E-state index in [9.17, 15) is 4.79 Å². The van der Waals surface area contributed by atoms with Gasteiger partial charge in [-0.1, -0.05) is 0 Å². The molecule has 0 radical (unpaired) electrons. The molecule has 1 atom stereocenters. The van der Waals surface area contributed by atoms with E-state index >= 15 is 0 Å². The minimum atomic E-state index is 0. The molecule has 0 aromatic rings. The van der Waals surface area contributed by atoms with Gasteiger partial charge in [-0.3, -0.25) is 4.79 Å². The van der Waals surface area contributed by atoms with Crippen molar-refractivity contribution in [3.63, 3.8) is 0 Å². The highest BCUT2D eigenvalue weighted by atomic mass is 35.5. The van der Waals surface area contributed by atoms with Crippen LogP contribution in [0.3, 0.4) is 0 Å². The van der Waals surface area contributed by atoms with Crippen molar-refractivity contribution in [1.82, 2.24) is 10.2 Å². The monoisotopic (exact) mass is 276 g/mol. The predicted octanol–water partition coefficient (Wildman–Crippen LogP) is 1.44. The first kappa shape index (κ1) is 15.7. The molecule has 0 saturated carbocycles. The quantitative estimate of drug-likeness (QED) is 0.848. The van der Waals surface area contributed by atoms with Gasteiger partial charge in [0.1, 0.15) is 0 Å². The van der Waals surface area contributed by atoms with E-state index in [-0.39, 0.29) is 12.4 Å². The minimum Gasteiger partial charge on any atom is -0.381 e. The van der Waals surface area contributed by atoms with Gasteiger partial charge in [-0.2, -0.15) is 0 Å². The molecule has 1 N–H and O–H groups in total. The largest absolute Gasteiger partial charge is 0.381 e. The summed E-state index contributed by atoms with van der Waals surface area (Å²) in [5.41, 5.74) is 0. The molecule has 2 fully saturated rings. The minimum absolute atomic E-state index is 0. The number of amides is 1. The second-order valence-electron chi connectivity index (χ2n) is 5.23. The molecule has 2 aliphatic heterocycles. The molecule has 0 aliphatic carbocycles. The Kier molecular flexibility index (Phi) is 6.97. The smallest absolute Gasteiger partial charge is 0.222 e. The summed E-state index contributed by atoms with van der Waals surface area (Å²) in [5, 5.41) is 3.31. The average molecular weight is 277 g/mol. The molecule has 1 amide bonds. The van der Waals surface area contributed by atoms with E-state index < -0.39 is 0 Å². The third kappa shape index (κ3) is 4.41. The zero-order valence-corrected chi connectivity index (χ0v) is 12.0. The van der Waals surface area contributed by atoms with E-state index in [0.29, 0.717) is 17.9 Å². The maximum absolute atomic E-state index is 12.1. The van der Waals surface area contributed by atoms with Gasteiger partial charge in [-0.05, 0) is 32.1 Å². The van der Waals surface area contributed by atoms with E-state index in [0.717, 1.165) is 58.5 Å². The second-order valence-corrected chi connectivity index (χ2v) is 5.23. The lowest BCUT2D eigenvalue weighted by Gasteiger charge is -2.34. The first-order chi connectivity index (χ1) is 8.27. The molecule has 4 nitrogen and oxygen atoms in total. The molecule has 0 aromatic heterocycles. The number of ether oxygens (including phenoxy) is 1. The van der Waals surface area contributed by atoms with Crippen molar-refractivity contribution >= 4 is 18.3 Å². The van der Waals surface area contributed by atoms with Crippen LogP contribution < -0.4 is 5.32 Å². The number of carbonyl (C=O) groups is 1. The molecular weight excluding hydrogens is 252 g/mol. The van der Waals surface area contributed by atoms with Crippen molar-refractivity contribution in [2.24, 2.45) is 5.92 Å². The van der Waals surface area contributed by atoms with Crippen LogP contribution in [0.1, 0.15) is 32.6 Å². The molecule has 0 unspecified atom stereocenters. The van der Waals surface area contributed by atoms with Crippen LogP contribution in [0.15, 0.2) is 0 Å². The van der Waals surface area contributed by atoms with Crippen molar-refractivity contribution in [3.05, 3.63) is 0 Å². The van der Waals surface area contributed by atoms with Crippen LogP contribution in [0.25, 0.3) is 0 Å². The highest BCUT2D eigenvalue weighted by Crippen LogP contribution is 2.20. The molecule has 0 spiro atoms. The Balaban J connectivity index is 0.00000162. The van der Waals surface area contributed by atoms with Gasteiger partial charge in [-0.25, -0.2) is 0 Å². The van der Waals surface area contributed by atoms with E-state index in [1.165, 1.54) is 0 Å². The van der Waals surface area contributed by atoms with Crippen LogP contribution in [0.5, 0.6) is 0 Å². The molecule has 2 heterocycles. The standard InChI is InChI=1S/C13H24N2O2.ClH/c1-11-10-14-6-7-15(11)13(16)3-2-12-4-8-17-9-5-12;/h11-12,14H,2-10H2,1H3;1H/t11-;/m1./s1. The summed E-state index contributed by atoms with van der Waals surface area (Å²) in [7, 11) is 0. The van der Waals surface area contributed by atoms with Crippen molar-refractivity contribution in [2.45, 2.75) is 38.6 Å². The number of nitrogens with zero attached hydrogens (tertiary/aromatic N) is 1. The summed E-state index contributed by atoms with van der Waals surface area (Å²) in [6, 6.07) is 0.353. The summed E-state index contributed by atoms with van der Waals surface area (Å²) < 4.78 is 5.34. The average Bonchev–Trinajstić information content (AvgIpc) is 2.38. The number of rotatable bonds is 3. The van der Waals surface area contributed by atoms with Crippen LogP contribution in [0, 0.1) is 5.92 Å². The lowest BCUT2D eigenvalue weighted by molar-refractivity contribution is -0.134. The molecule has 2 rings (SSSR count). The van der Waals surface area contributed by atoms with Gasteiger partial charge in [-0.15, -0.1) is 12.4 Å². The van der Waals surface area contributed by atoms with E-state index in [1.54, 1.807) is 0 Å². The first-order valence-electron chi connectivity index (χ1n) is 6.85. The highest BCUT2D eigenvalue weighted by Gasteiger charge is 2.23. The van der Waals surface area contributed by atoms with Crippen molar-refractivity contribution in [2.75, 3.05) is 32.8 Å². The van der Waals surface area contributed by atoms with Crippen LogP contribution >= 0.6 is 12.4 Å². The Bertz CT molecular complexity index is 257. The fraction of sp³-hybridized carbons (Fsp3) is 0.923. The number of hydrogen-bond acceptors (Lipinski definition) is 3. The Morgan fingerprint density at radius 1 is 1.39 bits per heavy atom. The zero-order valence-electron chi connectivity index (χ0n) is 11.2. The number of halogens is 1. The van der Waals surface area contributed by atoms with Crippen LogP contribution in [0.2, 0.25) is 0 Å². The summed E-state index contributed by atoms with van der Waals surface area (Å²) in [4.78, 5) is 14.2. The summed E-state index contributed by atoms with van der Waals surface area (Å²) in [6.45, 7) is 6.62. The molecule has 106 valence electrons. The van der Waals surface area contributed by atoms with Crippen LogP contribution in [-0.2, 0) is 9.53 Å². The molecular formula is C13H25ClN2O2. The maximum atomic E-state index is 12.1. The van der Waals surface area contributed by atoms with Gasteiger partial charge in [0.2, 0.25) is 5.91 Å². The number of hydrogen-bond donors (Lipinski definition) is 1. The maximum Gasteiger partial charge on any atom is 0.222 e. The molecule has 18 heavy (non-hydrogen) atoms. The highest BCUT2D eigenvalue weighted by molar-refractivity contribution is 5.85.